The number of aryl methyl sites for hydroxylation is 3. The lowest BCUT2D eigenvalue weighted by atomic mass is 10.0. The zero-order chi connectivity index (χ0) is 162. The van der Waals surface area contributed by atoms with Gasteiger partial charge in [0.1, 0.15) is 39.4 Å². The summed E-state index contributed by atoms with van der Waals surface area (Å²) in [5.74, 6) is 0. The van der Waals surface area contributed by atoms with Crippen LogP contribution in [0.3, 0.4) is 0 Å². The summed E-state index contributed by atoms with van der Waals surface area (Å²) in [6.45, 7) is -47.0. The number of cyclic esters (lactones) is 6. The second-order valence-corrected chi connectivity index (χ2v) is 26.2. The van der Waals surface area contributed by atoms with Crippen LogP contribution in [0, 0.1) is 0 Å². The maximum absolute atomic E-state index is 11.8. The van der Waals surface area contributed by atoms with E-state index in [1.54, 1.807) is 14.1 Å². The number of carbonyl (C=O) groups is 6. The molecule has 12 N–H and O–H groups in total. The van der Waals surface area contributed by atoms with Gasteiger partial charge in [-0.05, 0) is 300 Å². The van der Waals surface area contributed by atoms with Crippen LogP contribution in [0.4, 0.5) is 28.8 Å². The lowest BCUT2D eigenvalue weighted by Crippen LogP contribution is -2.28. The van der Waals surface area contributed by atoms with Crippen LogP contribution in [0.1, 0.15) is 165 Å². The zero-order valence-electron chi connectivity index (χ0n) is 150. The molecule has 12 aromatic rings. The van der Waals surface area contributed by atoms with Crippen molar-refractivity contribution in [3.05, 3.63) is 213 Å². The molecule has 6 aliphatic rings. The van der Waals surface area contributed by atoms with Crippen LogP contribution in [-0.2, 0) is 105 Å². The number of rotatable bonds is 30. The molecule has 0 radical (unpaired) electrons. The Kier molecular flexibility index (Phi) is 11.4. The van der Waals surface area contributed by atoms with Gasteiger partial charge >= 0.3 is 36.6 Å². The van der Waals surface area contributed by atoms with E-state index in [9.17, 15) is 28.8 Å². The molecular formula is C96H126N18O12. The number of hydrogen-bond acceptors (Lipinski definition) is 18. The van der Waals surface area contributed by atoms with E-state index in [4.69, 9.17) is 116 Å². The second kappa shape index (κ2) is 43.7. The highest BCUT2D eigenvalue weighted by Crippen LogP contribution is 2.29. The summed E-state index contributed by atoms with van der Waals surface area (Å²) >= 11 is 0. The molecule has 12 heterocycles. The number of benzene rings is 6. The van der Waals surface area contributed by atoms with E-state index in [0.717, 1.165) is 50.0 Å². The highest BCUT2D eigenvalue weighted by molar-refractivity contribution is 5.88. The average molecular weight is 1810 g/mol. The molecule has 6 aromatic heterocycles. The Balaban J connectivity index is 0.000000201. The first-order valence-corrected chi connectivity index (χ1v) is 36.2. The van der Waals surface area contributed by atoms with Crippen LogP contribution in [-0.4, -0.2) is 295 Å². The van der Waals surface area contributed by atoms with Gasteiger partial charge in [-0.3, -0.25) is 0 Å². The number of carbonyl (C=O) groups excluding carboxylic acids is 6. The minimum Gasteiger partial charge on any atom is -0.447 e. The Labute approximate surface area is 855 Å². The normalized spacial score (nSPS) is 32.8. The van der Waals surface area contributed by atoms with Crippen molar-refractivity contribution in [2.45, 2.75) is 113 Å². The van der Waals surface area contributed by atoms with Gasteiger partial charge in [-0.15, -0.1) is 0 Å². The number of amides is 6. The fourth-order valence-corrected chi connectivity index (χ4v) is 10.7. The molecule has 6 aromatic carbocycles. The summed E-state index contributed by atoms with van der Waals surface area (Å²) in [7, 11) is 8.36. The number of H-pyrrole nitrogens is 6. The fraction of sp³-hybridized carbons (Fsp3) is 0.438. The molecule has 6 amide bonds. The van der Waals surface area contributed by atoms with Gasteiger partial charge in [0, 0.05) is 199 Å². The monoisotopic (exact) mass is 1810 g/mol. The summed E-state index contributed by atoms with van der Waals surface area (Å²) in [5, 5.41) is -2.88. The number of hydrogen-bond donors (Lipinski definition) is 12. The SMILES string of the molecule is [2H]c1c(C([2H])([2H])[C@@H]2N([2H])C(=O)OC2([2H])[2H])c([2H])c2c(C([2H])([2H])CN(C([2H])([2H])[2H])C([2H])([2H])[2H])cn([2H])c2c1[2H].[2H]c1c(C([2H])([2H])[C@@H]2N([2H])C(=O)OC2([2H])[2H])c([2H])c2c(C([2H])([2H])CN(C)C([2H])([2H])[2H])cn([2H])c2c1[2H].[2H]c1c(C([2H])([2H])[C@@H]2N([2H])C(=O)OC2([2H])[2H])c([2H])c2c(C([2H])([2H])CN(C)C)cn([2H])c2c1[2H].[2H]c1c(C([2H])([2H])[C@@H]2N([2H])C(=O)OC2([2H])[2H])c([2H])c2c(CC([2H])([2H])N(C([2H])([2H])[2H])C([2H])([2H])[2H])cn([2H])c2c1[2H].[2H]c1c(C([2H])([2H])[C@@H]2N([2H])C(=O)OC2([2H])[2H])c([2H])c2c(CC([2H])([2H])N(C)C([2H])([2H])[2H])cn([2H])c2c1[2H].[2H]c1c(C([2H])([2H])[C@@H]2N([2H])C(=O)OC2([2H])[2H])c([2H])c2c(CC([2H])([2H])N(C)C)cn([2H])c2c1[2H]. The fourth-order valence-electron chi connectivity index (χ4n) is 10.7. The van der Waals surface area contributed by atoms with Gasteiger partial charge < -0.3 is 120 Å². The standard InChI is InChI=1S/6C16H21N3O2/c6*1-19(2)6-5-12-9-17-15-4-3-11(8-14(12)15)7-13-10-21-16(20)18-13/h6*3-4,8-9,13,17H,5-7,10H2,1-2H3,(H,18,20)/t6*13-/m000000/s1/i1D3,2D3,3D,4D,6D2,7D2,8D,10D2;1D3,2D3,3D,4D,5D2,7D2,8D,10D2;1D3,3D,4D,6D2,7D2,8D,10D2;1D3,3D,4D,5D2,7D2,8D,10D2;3D,4D,6D2,7D2,8D,10D2;3D,4D,5D2,7D2,8D,10D2/hD12. The van der Waals surface area contributed by atoms with Crippen LogP contribution in [0.15, 0.2) is 146 Å². The average Bonchev–Trinajstić information content (AvgIpc) is 1.57. The lowest BCUT2D eigenvalue weighted by molar-refractivity contribution is 0.176. The van der Waals surface area contributed by atoms with Gasteiger partial charge in [-0.2, -0.15) is 0 Å². The van der Waals surface area contributed by atoms with Gasteiger partial charge in [0.25, 0.3) is 0 Å². The summed E-state index contributed by atoms with van der Waals surface area (Å²) < 4.78 is 704. The Morgan fingerprint density at radius 2 is 0.516 bits per heavy atom. The van der Waals surface area contributed by atoms with E-state index >= 15 is 0 Å². The molecule has 6 saturated heterocycles. The van der Waals surface area contributed by atoms with Crippen molar-refractivity contribution in [2.24, 2.45) is 0 Å². The molecule has 126 heavy (non-hydrogen) atoms. The van der Waals surface area contributed by atoms with E-state index in [1.807, 2.05) is 0 Å². The first kappa shape index (κ1) is 33.0. The molecule has 30 heteroatoms. The Hall–Kier alpha value is -12.1. The third-order valence-electron chi connectivity index (χ3n) is 16.2. The number of nitrogens with one attached hydrogen (secondary N) is 12. The van der Waals surface area contributed by atoms with E-state index in [-0.39, 0.29) is 110 Å². The smallest absolute Gasteiger partial charge is 0.407 e. The van der Waals surface area contributed by atoms with Crippen LogP contribution in [0.2, 0.25) is 16.9 Å². The maximum atomic E-state index is 11.8. The quantitative estimate of drug-likeness (QED) is 0.0186. The number of aromatic nitrogens is 6. The highest BCUT2D eigenvalue weighted by atomic mass is 16.6. The van der Waals surface area contributed by atoms with Gasteiger partial charge in [0.05, 0.1) is 77.4 Å². The third-order valence-corrected chi connectivity index (χ3v) is 16.2. The lowest BCUT2D eigenvalue weighted by Gasteiger charge is -2.09. The van der Waals surface area contributed by atoms with Crippen molar-refractivity contribution in [1.29, 1.82) is 0 Å². The molecule has 18 rings (SSSR count). The molecule has 672 valence electrons. The van der Waals surface area contributed by atoms with Crippen molar-refractivity contribution >= 4 is 102 Å². The Morgan fingerprint density at radius 1 is 0.302 bits per heavy atom. The molecule has 6 fully saturated rings. The topological polar surface area (TPSA) is 344 Å². The van der Waals surface area contributed by atoms with E-state index in [0.29, 0.717) is 34.8 Å². The van der Waals surface area contributed by atoms with Crippen molar-refractivity contribution < 1.29 is 173 Å². The van der Waals surface area contributed by atoms with Crippen molar-refractivity contribution in [3.63, 3.8) is 0 Å². The summed E-state index contributed by atoms with van der Waals surface area (Å²) in [6, 6.07) is -28.6. The number of likely N-dealkylation sites (N-methyl/N-ethyl adjacent to an activating group) is 6. The summed E-state index contributed by atoms with van der Waals surface area (Å²) in [6.07, 6.45) is -31.6. The molecular weight excluding hydrogens is 1600 g/mol. The van der Waals surface area contributed by atoms with Crippen LogP contribution in [0.25, 0.3) is 65.4 Å². The van der Waals surface area contributed by atoms with Crippen LogP contribution in [0.5, 0.6) is 0 Å². The number of ether oxygens (including phenoxy) is 6. The second-order valence-electron chi connectivity index (χ2n) is 26.2. The van der Waals surface area contributed by atoms with E-state index in [2.05, 4.69) is 28.4 Å². The summed E-state index contributed by atoms with van der Waals surface area (Å²) in [4.78, 5) is 77.4. The molecule has 0 saturated carbocycles. The molecule has 0 unspecified atom stereocenters. The molecule has 30 nitrogen and oxygen atoms in total. The van der Waals surface area contributed by atoms with Gasteiger partial charge in [0.15, 0.2) is 16.9 Å². The number of fused-ring (bicyclic) bond motifs is 6. The largest absolute Gasteiger partial charge is 0.447 e. The van der Waals surface area contributed by atoms with Crippen LogP contribution < -0.4 is 31.9 Å². The Bertz CT molecular complexity index is 9970. The maximum Gasteiger partial charge on any atom is 0.407 e. The van der Waals surface area contributed by atoms with Gasteiger partial charge in [-0.25, -0.2) is 28.8 Å². The predicted molar refractivity (Wildman–Crippen MR) is 495 cm³/mol. The third kappa shape index (κ3) is 26.5. The summed E-state index contributed by atoms with van der Waals surface area (Å²) in [5.41, 5.74) is -9.24. The van der Waals surface area contributed by atoms with E-state index in [1.165, 1.54) is 30.1 Å². The molecule has 0 bridgehead atoms. The zero-order valence-corrected chi connectivity index (χ0v) is 66.1. The number of aromatic amines is 6. The minimum absolute atomic E-state index is 0.0338. The number of alkyl carbamates (subject to hydrolysis) is 6. The highest BCUT2D eigenvalue weighted by Gasteiger charge is 2.29. The van der Waals surface area contributed by atoms with Crippen molar-refractivity contribution in [2.75, 3.05) is 163 Å². The van der Waals surface area contributed by atoms with Crippen molar-refractivity contribution in [3.8, 4) is 0 Å². The number of nitrogens with zero attached hydrogens (tertiary/aromatic N) is 6. The molecule has 0 spiro atoms. The van der Waals surface area contributed by atoms with E-state index < -0.39 is 443 Å². The molecule has 0 aliphatic carbocycles. The first-order chi connectivity index (χ1) is 93.9. The molecule has 6 atom stereocenters. The first-order valence-electron chi connectivity index (χ1n) is 77.6. The predicted octanol–water partition coefficient (Wildman–Crippen LogP) is 11.5. The van der Waals surface area contributed by atoms with Gasteiger partial charge in [0.2, 0.25) is 0 Å². The Morgan fingerprint density at radius 3 is 0.738 bits per heavy atom. The van der Waals surface area contributed by atoms with Crippen molar-refractivity contribution in [1.82, 2.24) is 91.1 Å². The van der Waals surface area contributed by atoms with Gasteiger partial charge in [-0.1, -0.05) is 36.3 Å². The molecule has 6 aliphatic heterocycles. The van der Waals surface area contributed by atoms with Crippen LogP contribution >= 0.6 is 0 Å². The minimum atomic E-state index is -3.45.